The van der Waals surface area contributed by atoms with Gasteiger partial charge in [-0.15, -0.1) is 0 Å². The molecule has 1 saturated carbocycles. The average Bonchev–Trinajstić information content (AvgIpc) is 3.02. The quantitative estimate of drug-likeness (QED) is 0.917. The predicted molar refractivity (Wildman–Crippen MR) is 88.2 cm³/mol. The largest absolute Gasteiger partial charge is 0.496 e. The van der Waals surface area contributed by atoms with E-state index >= 15 is 0 Å². The Balaban J connectivity index is 1.41. The third-order valence-corrected chi connectivity index (χ3v) is 4.79. The molecule has 5 heteroatoms. The van der Waals surface area contributed by atoms with Crippen molar-refractivity contribution in [2.24, 2.45) is 5.92 Å². The molecular weight excluding hydrogens is 306 g/mol. The van der Waals surface area contributed by atoms with E-state index in [-0.39, 0.29) is 23.8 Å². The zero-order valence-electron chi connectivity index (χ0n) is 13.9. The first-order chi connectivity index (χ1) is 11.7. The van der Waals surface area contributed by atoms with Crippen molar-refractivity contribution in [3.05, 3.63) is 47.4 Å². The first-order valence-corrected chi connectivity index (χ1v) is 8.33. The average molecular weight is 327 g/mol. The minimum atomic E-state index is 0.00726. The molecule has 0 spiro atoms. The van der Waals surface area contributed by atoms with Crippen LogP contribution in [0.1, 0.15) is 36.1 Å². The zero-order chi connectivity index (χ0) is 16.7. The van der Waals surface area contributed by atoms with Crippen molar-refractivity contribution in [2.45, 2.75) is 38.3 Å². The van der Waals surface area contributed by atoms with Gasteiger partial charge in [0.2, 0.25) is 5.91 Å². The Labute approximate surface area is 140 Å². The monoisotopic (exact) mass is 327 g/mol. The van der Waals surface area contributed by atoms with Crippen LogP contribution in [-0.2, 0) is 17.8 Å². The molecule has 4 rings (SSSR count). The number of nitrogens with one attached hydrogen (secondary N) is 1. The van der Waals surface area contributed by atoms with Gasteiger partial charge < -0.3 is 19.2 Å². The summed E-state index contributed by atoms with van der Waals surface area (Å²) in [5.74, 6) is 2.87. The molecule has 126 valence electrons. The summed E-state index contributed by atoms with van der Waals surface area (Å²) in [5.41, 5.74) is 2.10. The van der Waals surface area contributed by atoms with Crippen LogP contribution in [-0.4, -0.2) is 19.1 Å². The van der Waals surface area contributed by atoms with Gasteiger partial charge in [0.1, 0.15) is 23.4 Å². The van der Waals surface area contributed by atoms with Crippen molar-refractivity contribution in [1.29, 1.82) is 0 Å². The molecule has 0 bridgehead atoms. The lowest BCUT2D eigenvalue weighted by molar-refractivity contribution is -0.122. The topological polar surface area (TPSA) is 60.7 Å². The molecule has 1 aromatic heterocycles. The molecule has 0 radical (unpaired) electrons. The van der Waals surface area contributed by atoms with E-state index in [9.17, 15) is 4.79 Å². The van der Waals surface area contributed by atoms with Gasteiger partial charge in [0.25, 0.3) is 0 Å². The summed E-state index contributed by atoms with van der Waals surface area (Å²) in [4.78, 5) is 12.3. The maximum Gasteiger partial charge on any atom is 0.224 e. The second-order valence-electron chi connectivity index (χ2n) is 6.59. The van der Waals surface area contributed by atoms with Crippen molar-refractivity contribution in [3.8, 4) is 11.5 Å². The lowest BCUT2D eigenvalue weighted by Gasteiger charge is -2.12. The Kier molecular flexibility index (Phi) is 3.71. The Morgan fingerprint density at radius 3 is 3.04 bits per heavy atom. The molecular formula is C19H21NO4. The molecule has 2 aliphatic rings. The highest BCUT2D eigenvalue weighted by Gasteiger charge is 2.45. The van der Waals surface area contributed by atoms with Gasteiger partial charge in [0.15, 0.2) is 0 Å². The van der Waals surface area contributed by atoms with Gasteiger partial charge in [0.05, 0.1) is 13.4 Å². The van der Waals surface area contributed by atoms with Crippen LogP contribution >= 0.6 is 0 Å². The van der Waals surface area contributed by atoms with Crippen LogP contribution in [0.15, 0.2) is 34.9 Å². The molecule has 1 amide bonds. The van der Waals surface area contributed by atoms with Gasteiger partial charge in [-0.05, 0) is 37.6 Å². The van der Waals surface area contributed by atoms with Crippen LogP contribution in [0, 0.1) is 5.92 Å². The Hall–Kier alpha value is -2.43. The fourth-order valence-corrected chi connectivity index (χ4v) is 3.42. The van der Waals surface area contributed by atoms with Crippen LogP contribution in [0.25, 0.3) is 0 Å². The Morgan fingerprint density at radius 2 is 2.29 bits per heavy atom. The SMILES string of the molecule is COc1cc2c(cc1CNC(=O)[C@@H]1C[C@H]1c1ccco1)O[C@H](C)C2. The molecule has 0 saturated heterocycles. The maximum absolute atomic E-state index is 12.3. The number of ether oxygens (including phenoxy) is 2. The van der Waals surface area contributed by atoms with E-state index in [2.05, 4.69) is 12.2 Å². The van der Waals surface area contributed by atoms with Crippen LogP contribution in [0.2, 0.25) is 0 Å². The molecule has 5 nitrogen and oxygen atoms in total. The van der Waals surface area contributed by atoms with E-state index in [0.717, 1.165) is 41.2 Å². The lowest BCUT2D eigenvalue weighted by atomic mass is 10.1. The number of methoxy groups -OCH3 is 1. The lowest BCUT2D eigenvalue weighted by Crippen LogP contribution is -2.25. The molecule has 1 fully saturated rings. The van der Waals surface area contributed by atoms with Crippen molar-refractivity contribution >= 4 is 5.91 Å². The normalized spacial score (nSPS) is 24.2. The fraction of sp³-hybridized carbons (Fsp3) is 0.421. The van der Waals surface area contributed by atoms with Gasteiger partial charge in [-0.1, -0.05) is 0 Å². The summed E-state index contributed by atoms with van der Waals surface area (Å²) in [6, 6.07) is 7.79. The number of carbonyl (C=O) groups is 1. The predicted octanol–water partition coefficient (Wildman–Crippen LogP) is 3.03. The van der Waals surface area contributed by atoms with Gasteiger partial charge in [0, 0.05) is 35.9 Å². The van der Waals surface area contributed by atoms with Gasteiger partial charge in [-0.2, -0.15) is 0 Å². The van der Waals surface area contributed by atoms with Crippen molar-refractivity contribution < 1.29 is 18.7 Å². The Morgan fingerprint density at radius 1 is 1.42 bits per heavy atom. The highest BCUT2D eigenvalue weighted by molar-refractivity contribution is 5.82. The van der Waals surface area contributed by atoms with E-state index < -0.39 is 0 Å². The zero-order valence-corrected chi connectivity index (χ0v) is 13.9. The van der Waals surface area contributed by atoms with Crippen LogP contribution in [0.3, 0.4) is 0 Å². The molecule has 1 aromatic carbocycles. The minimum absolute atomic E-state index is 0.00726. The minimum Gasteiger partial charge on any atom is -0.496 e. The molecule has 0 unspecified atom stereocenters. The van der Waals surface area contributed by atoms with E-state index in [1.54, 1.807) is 13.4 Å². The number of hydrogen-bond acceptors (Lipinski definition) is 4. The number of amides is 1. The number of rotatable bonds is 5. The fourth-order valence-electron chi connectivity index (χ4n) is 3.42. The van der Waals surface area contributed by atoms with E-state index in [4.69, 9.17) is 13.9 Å². The molecule has 2 aromatic rings. The number of furan rings is 1. The summed E-state index contributed by atoms with van der Waals surface area (Å²) in [5, 5.41) is 3.01. The van der Waals surface area contributed by atoms with Crippen LogP contribution in [0.4, 0.5) is 0 Å². The van der Waals surface area contributed by atoms with Gasteiger partial charge >= 0.3 is 0 Å². The summed E-state index contributed by atoms with van der Waals surface area (Å²) < 4.78 is 16.7. The molecule has 1 N–H and O–H groups in total. The Bertz CT molecular complexity index is 753. The summed E-state index contributed by atoms with van der Waals surface area (Å²) in [6.45, 7) is 2.49. The number of fused-ring (bicyclic) bond motifs is 1. The van der Waals surface area contributed by atoms with Gasteiger partial charge in [-0.25, -0.2) is 0 Å². The maximum atomic E-state index is 12.3. The van der Waals surface area contributed by atoms with E-state index in [0.29, 0.717) is 6.54 Å². The summed E-state index contributed by atoms with van der Waals surface area (Å²) in [7, 11) is 1.65. The summed E-state index contributed by atoms with van der Waals surface area (Å²) >= 11 is 0. The number of hydrogen-bond donors (Lipinski definition) is 1. The van der Waals surface area contributed by atoms with E-state index in [1.807, 2.05) is 24.3 Å². The third-order valence-electron chi connectivity index (χ3n) is 4.79. The van der Waals surface area contributed by atoms with Crippen LogP contribution in [0.5, 0.6) is 11.5 Å². The first kappa shape index (κ1) is 15.1. The molecule has 1 aliphatic carbocycles. The number of carbonyl (C=O) groups excluding carboxylic acids is 1. The number of benzene rings is 1. The second-order valence-corrected chi connectivity index (χ2v) is 6.59. The van der Waals surface area contributed by atoms with Crippen molar-refractivity contribution in [2.75, 3.05) is 7.11 Å². The molecule has 1 aliphatic heterocycles. The molecule has 3 atom stereocenters. The third kappa shape index (κ3) is 2.75. The van der Waals surface area contributed by atoms with Crippen molar-refractivity contribution in [1.82, 2.24) is 5.32 Å². The second kappa shape index (κ2) is 5.89. The molecule has 2 heterocycles. The highest BCUT2D eigenvalue weighted by Crippen LogP contribution is 2.47. The van der Waals surface area contributed by atoms with Crippen molar-refractivity contribution in [3.63, 3.8) is 0 Å². The summed E-state index contributed by atoms with van der Waals surface area (Å²) in [6.07, 6.45) is 3.58. The molecule has 24 heavy (non-hydrogen) atoms. The van der Waals surface area contributed by atoms with Gasteiger partial charge in [-0.3, -0.25) is 4.79 Å². The smallest absolute Gasteiger partial charge is 0.224 e. The first-order valence-electron chi connectivity index (χ1n) is 8.33. The highest BCUT2D eigenvalue weighted by atomic mass is 16.5. The van der Waals surface area contributed by atoms with Crippen LogP contribution < -0.4 is 14.8 Å². The standard InChI is InChI=1S/C19H21NO4/c1-11-6-12-7-17(22-2)13(8-18(12)24-11)10-20-19(21)15-9-14(15)16-4-3-5-23-16/h3-5,7-8,11,14-15H,6,9-10H2,1-2H3,(H,20,21)/t11-,14-,15-/m1/s1. The van der Waals surface area contributed by atoms with E-state index in [1.165, 1.54) is 0 Å².